The summed E-state index contributed by atoms with van der Waals surface area (Å²) < 4.78 is 19.0. The highest BCUT2D eigenvalue weighted by Crippen LogP contribution is 2.44. The molecule has 170 valence electrons. The van der Waals surface area contributed by atoms with E-state index < -0.39 is 8.07 Å². The van der Waals surface area contributed by atoms with Gasteiger partial charge in [0.1, 0.15) is 23.7 Å². The van der Waals surface area contributed by atoms with Crippen molar-refractivity contribution in [2.75, 3.05) is 13.2 Å². The predicted molar refractivity (Wildman–Crippen MR) is 132 cm³/mol. The zero-order valence-electron chi connectivity index (χ0n) is 20.6. The Morgan fingerprint density at radius 3 is 2.39 bits per heavy atom. The topological polar surface area (TPSA) is 27.7 Å². The van der Waals surface area contributed by atoms with Crippen LogP contribution in [0.3, 0.4) is 0 Å². The maximum absolute atomic E-state index is 6.61. The summed E-state index contributed by atoms with van der Waals surface area (Å²) in [6.45, 7) is 18.0. The van der Waals surface area contributed by atoms with E-state index in [-0.39, 0.29) is 5.60 Å². The highest BCUT2D eigenvalue weighted by atomic mass is 28.3. The molecule has 0 bridgehead atoms. The standard InChI is InChI=1S/C27H40O3Si/c1-20-21(2)26-24(22(3)25(20)29-18-23-12-9-8-10-13-23)14-15-27(4,30-26)19-28-16-11-17-31(5,6)7/h8-10,12-13H,11,14-19H2,1-7H3/t27-/m1/s1. The first-order chi connectivity index (χ1) is 14.6. The Hall–Kier alpha value is -1.78. The Balaban J connectivity index is 1.68. The average molecular weight is 441 g/mol. The molecule has 2 aromatic rings. The molecule has 0 fully saturated rings. The third-order valence-corrected chi connectivity index (χ3v) is 8.27. The van der Waals surface area contributed by atoms with Crippen LogP contribution in [0.2, 0.25) is 25.7 Å². The zero-order chi connectivity index (χ0) is 22.6. The van der Waals surface area contributed by atoms with Crippen LogP contribution < -0.4 is 9.47 Å². The monoisotopic (exact) mass is 440 g/mol. The number of hydrogen-bond donors (Lipinski definition) is 0. The molecule has 3 rings (SSSR count). The molecule has 1 aliphatic heterocycles. The SMILES string of the molecule is Cc1c(C)c2c(c(C)c1OCc1ccccc1)CC[C@](C)(COCCC[Si](C)(C)C)O2. The Labute approximate surface area is 190 Å². The van der Waals surface area contributed by atoms with E-state index in [4.69, 9.17) is 14.2 Å². The van der Waals surface area contributed by atoms with Gasteiger partial charge in [-0.3, -0.25) is 0 Å². The average Bonchev–Trinajstić information content (AvgIpc) is 2.71. The van der Waals surface area contributed by atoms with E-state index in [9.17, 15) is 0 Å². The second kappa shape index (κ2) is 9.79. The molecule has 1 aliphatic rings. The van der Waals surface area contributed by atoms with Gasteiger partial charge in [0.05, 0.1) is 6.61 Å². The molecule has 1 atom stereocenters. The van der Waals surface area contributed by atoms with Crippen LogP contribution in [0.25, 0.3) is 0 Å². The minimum absolute atomic E-state index is 0.262. The predicted octanol–water partition coefficient (Wildman–Crippen LogP) is 7.02. The van der Waals surface area contributed by atoms with E-state index in [1.165, 1.54) is 33.9 Å². The highest BCUT2D eigenvalue weighted by molar-refractivity contribution is 6.76. The van der Waals surface area contributed by atoms with E-state index in [0.29, 0.717) is 13.2 Å². The first-order valence-electron chi connectivity index (χ1n) is 11.7. The van der Waals surface area contributed by atoms with Crippen molar-refractivity contribution in [1.82, 2.24) is 0 Å². The van der Waals surface area contributed by atoms with Gasteiger partial charge >= 0.3 is 0 Å². The van der Waals surface area contributed by atoms with Crippen molar-refractivity contribution in [3.05, 3.63) is 58.1 Å². The van der Waals surface area contributed by atoms with E-state index >= 15 is 0 Å². The zero-order valence-corrected chi connectivity index (χ0v) is 21.6. The minimum atomic E-state index is -0.990. The first kappa shape index (κ1) is 23.9. The van der Waals surface area contributed by atoms with E-state index in [1.54, 1.807) is 0 Å². The van der Waals surface area contributed by atoms with Crippen LogP contribution in [-0.4, -0.2) is 26.9 Å². The van der Waals surface area contributed by atoms with Crippen LogP contribution in [0.15, 0.2) is 30.3 Å². The second-order valence-corrected chi connectivity index (χ2v) is 16.2. The lowest BCUT2D eigenvalue weighted by atomic mass is 9.87. The normalized spacial score (nSPS) is 18.4. The molecule has 0 saturated carbocycles. The van der Waals surface area contributed by atoms with Gasteiger partial charge in [0.25, 0.3) is 0 Å². The summed E-state index contributed by atoms with van der Waals surface area (Å²) in [7, 11) is -0.990. The van der Waals surface area contributed by atoms with Crippen LogP contribution in [0, 0.1) is 20.8 Å². The van der Waals surface area contributed by atoms with Crippen LogP contribution >= 0.6 is 0 Å². The van der Waals surface area contributed by atoms with Gasteiger partial charge in [-0.05, 0) is 69.2 Å². The molecule has 31 heavy (non-hydrogen) atoms. The summed E-state index contributed by atoms with van der Waals surface area (Å²) in [4.78, 5) is 0. The largest absolute Gasteiger partial charge is 0.488 e. The van der Waals surface area contributed by atoms with Crippen molar-refractivity contribution in [3.63, 3.8) is 0 Å². The lowest BCUT2D eigenvalue weighted by Gasteiger charge is -2.38. The molecule has 3 nitrogen and oxygen atoms in total. The fraction of sp³-hybridized carbons (Fsp3) is 0.556. The number of ether oxygens (including phenoxy) is 3. The van der Waals surface area contributed by atoms with Crippen molar-refractivity contribution in [2.45, 2.75) is 84.9 Å². The molecule has 0 radical (unpaired) electrons. The minimum Gasteiger partial charge on any atom is -0.488 e. The van der Waals surface area contributed by atoms with Gasteiger partial charge in [-0.25, -0.2) is 0 Å². The summed E-state index contributed by atoms with van der Waals surface area (Å²) in [6.07, 6.45) is 3.12. The van der Waals surface area contributed by atoms with Crippen LogP contribution in [-0.2, 0) is 17.8 Å². The van der Waals surface area contributed by atoms with E-state index in [2.05, 4.69) is 71.6 Å². The van der Waals surface area contributed by atoms with Gasteiger partial charge in [-0.1, -0.05) is 56.0 Å². The van der Waals surface area contributed by atoms with Gasteiger partial charge in [0, 0.05) is 20.2 Å². The maximum atomic E-state index is 6.61. The van der Waals surface area contributed by atoms with Gasteiger partial charge < -0.3 is 14.2 Å². The highest BCUT2D eigenvalue weighted by Gasteiger charge is 2.35. The van der Waals surface area contributed by atoms with E-state index in [1.807, 2.05) is 6.07 Å². The lowest BCUT2D eigenvalue weighted by Crippen LogP contribution is -2.41. The molecule has 2 aromatic carbocycles. The third-order valence-electron chi connectivity index (χ3n) is 6.41. The van der Waals surface area contributed by atoms with Gasteiger partial charge in [-0.2, -0.15) is 0 Å². The van der Waals surface area contributed by atoms with Gasteiger partial charge in [-0.15, -0.1) is 0 Å². The summed E-state index contributed by atoms with van der Waals surface area (Å²) in [5, 5.41) is 0. The van der Waals surface area contributed by atoms with Crippen LogP contribution in [0.1, 0.15) is 47.6 Å². The van der Waals surface area contributed by atoms with Gasteiger partial charge in [0.15, 0.2) is 0 Å². The fourth-order valence-electron chi connectivity index (χ4n) is 4.32. The molecule has 4 heteroatoms. The van der Waals surface area contributed by atoms with Crippen LogP contribution in [0.4, 0.5) is 0 Å². The molecular formula is C27H40O3Si. The van der Waals surface area contributed by atoms with Crippen molar-refractivity contribution in [3.8, 4) is 11.5 Å². The molecule has 0 aliphatic carbocycles. The number of benzene rings is 2. The first-order valence-corrected chi connectivity index (χ1v) is 15.4. The summed E-state index contributed by atoms with van der Waals surface area (Å²) >= 11 is 0. The van der Waals surface area contributed by atoms with Crippen LogP contribution in [0.5, 0.6) is 11.5 Å². The molecule has 0 amide bonds. The molecular weight excluding hydrogens is 400 g/mol. The number of fused-ring (bicyclic) bond motifs is 1. The number of rotatable bonds is 9. The molecule has 1 heterocycles. The van der Waals surface area contributed by atoms with Crippen molar-refractivity contribution >= 4 is 8.07 Å². The van der Waals surface area contributed by atoms with Crippen molar-refractivity contribution in [2.24, 2.45) is 0 Å². The molecule has 0 saturated heterocycles. The summed E-state index contributed by atoms with van der Waals surface area (Å²) in [5.74, 6) is 2.05. The molecule has 0 aromatic heterocycles. The van der Waals surface area contributed by atoms with Crippen molar-refractivity contribution in [1.29, 1.82) is 0 Å². The third kappa shape index (κ3) is 6.14. The quantitative estimate of drug-likeness (QED) is 0.310. The van der Waals surface area contributed by atoms with E-state index in [0.717, 1.165) is 37.4 Å². The summed E-state index contributed by atoms with van der Waals surface area (Å²) in [6, 6.07) is 11.7. The lowest BCUT2D eigenvalue weighted by molar-refractivity contribution is -0.0281. The smallest absolute Gasteiger partial charge is 0.130 e. The summed E-state index contributed by atoms with van der Waals surface area (Å²) in [5.41, 5.74) is 5.80. The number of hydrogen-bond acceptors (Lipinski definition) is 3. The second-order valence-electron chi connectivity index (χ2n) is 10.6. The molecule has 0 N–H and O–H groups in total. The Kier molecular flexibility index (Phi) is 7.54. The molecule has 0 spiro atoms. The molecule has 0 unspecified atom stereocenters. The van der Waals surface area contributed by atoms with Gasteiger partial charge in [0.2, 0.25) is 0 Å². The fourth-order valence-corrected chi connectivity index (χ4v) is 5.53. The Morgan fingerprint density at radius 2 is 1.71 bits per heavy atom. The van der Waals surface area contributed by atoms with Crippen molar-refractivity contribution < 1.29 is 14.2 Å². The Morgan fingerprint density at radius 1 is 1.00 bits per heavy atom. The maximum Gasteiger partial charge on any atom is 0.130 e. The Bertz CT molecular complexity index is 886.